The van der Waals surface area contributed by atoms with E-state index in [-0.39, 0.29) is 25.4 Å². The predicted molar refractivity (Wildman–Crippen MR) is 60.1 cm³/mol. The second-order valence-electron chi connectivity index (χ2n) is 3.74. The number of amides is 1. The third-order valence-electron chi connectivity index (χ3n) is 2.23. The van der Waals surface area contributed by atoms with Crippen molar-refractivity contribution >= 4 is 11.9 Å². The zero-order valence-corrected chi connectivity index (χ0v) is 9.57. The van der Waals surface area contributed by atoms with Gasteiger partial charge in [-0.05, 0) is 12.8 Å². The Labute approximate surface area is 95.9 Å². The molecular weight excluding hydrogens is 210 g/mol. The number of aliphatic carboxylic acids is 1. The van der Waals surface area contributed by atoms with Crippen LogP contribution in [0, 0.1) is 0 Å². The molecule has 0 spiro atoms. The lowest BCUT2D eigenvalue weighted by Gasteiger charge is -2.03. The minimum absolute atomic E-state index is 0.110. The van der Waals surface area contributed by atoms with Gasteiger partial charge in [-0.15, -0.1) is 0 Å². The highest BCUT2D eigenvalue weighted by Gasteiger charge is 1.99. The predicted octanol–water partition coefficient (Wildman–Crippen LogP) is 0.910. The smallest absolute Gasteiger partial charge is 0.303 e. The Morgan fingerprint density at radius 3 is 2.19 bits per heavy atom. The summed E-state index contributed by atoms with van der Waals surface area (Å²) in [6.45, 7) is 0.527. The number of carboxylic acids is 1. The SMILES string of the molecule is O=C(O)CCCCCCCNC(=O)CCO. The van der Waals surface area contributed by atoms with E-state index in [1.807, 2.05) is 0 Å². The summed E-state index contributed by atoms with van der Waals surface area (Å²) in [4.78, 5) is 21.1. The average molecular weight is 231 g/mol. The van der Waals surface area contributed by atoms with Crippen LogP contribution in [0.5, 0.6) is 0 Å². The lowest BCUT2D eigenvalue weighted by Crippen LogP contribution is -2.24. The second kappa shape index (κ2) is 10.4. The molecule has 0 aromatic carbocycles. The summed E-state index contributed by atoms with van der Waals surface area (Å²) >= 11 is 0. The van der Waals surface area contributed by atoms with Crippen LogP contribution in [0.2, 0.25) is 0 Å². The molecule has 0 aromatic rings. The van der Waals surface area contributed by atoms with Gasteiger partial charge in [0.1, 0.15) is 0 Å². The van der Waals surface area contributed by atoms with Crippen LogP contribution in [0.1, 0.15) is 44.9 Å². The van der Waals surface area contributed by atoms with Crippen molar-refractivity contribution in [2.45, 2.75) is 44.9 Å². The molecule has 1 amide bonds. The van der Waals surface area contributed by atoms with Crippen LogP contribution in [-0.2, 0) is 9.59 Å². The van der Waals surface area contributed by atoms with Crippen molar-refractivity contribution in [2.75, 3.05) is 13.2 Å². The highest BCUT2D eigenvalue weighted by Crippen LogP contribution is 2.04. The number of carbonyl (C=O) groups is 2. The molecule has 0 heterocycles. The summed E-state index contributed by atoms with van der Waals surface area (Å²) in [5.74, 6) is -0.857. The number of hydrogen-bond acceptors (Lipinski definition) is 3. The number of nitrogens with one attached hydrogen (secondary N) is 1. The summed E-state index contributed by atoms with van der Waals surface area (Å²) in [6, 6.07) is 0. The van der Waals surface area contributed by atoms with Crippen molar-refractivity contribution in [1.82, 2.24) is 5.32 Å². The highest BCUT2D eigenvalue weighted by molar-refractivity contribution is 5.75. The third-order valence-corrected chi connectivity index (χ3v) is 2.23. The first-order chi connectivity index (χ1) is 7.66. The molecule has 0 aliphatic heterocycles. The van der Waals surface area contributed by atoms with Crippen molar-refractivity contribution < 1.29 is 19.8 Å². The summed E-state index contributed by atoms with van der Waals surface area (Å²) < 4.78 is 0. The van der Waals surface area contributed by atoms with Gasteiger partial charge < -0.3 is 15.5 Å². The molecule has 0 aromatic heterocycles. The van der Waals surface area contributed by atoms with Gasteiger partial charge in [0.15, 0.2) is 0 Å². The van der Waals surface area contributed by atoms with Crippen molar-refractivity contribution in [3.63, 3.8) is 0 Å². The van der Waals surface area contributed by atoms with Crippen LogP contribution in [0.3, 0.4) is 0 Å². The van der Waals surface area contributed by atoms with E-state index in [0.717, 1.165) is 32.1 Å². The fraction of sp³-hybridized carbons (Fsp3) is 0.818. The standard InChI is InChI=1S/C11H21NO4/c13-9-7-10(14)12-8-5-3-1-2-4-6-11(15)16/h13H,1-9H2,(H,12,14)(H,15,16). The van der Waals surface area contributed by atoms with E-state index in [4.69, 9.17) is 10.2 Å². The Morgan fingerprint density at radius 1 is 0.938 bits per heavy atom. The van der Waals surface area contributed by atoms with Gasteiger partial charge in [0.05, 0.1) is 6.61 Å². The van der Waals surface area contributed by atoms with Crippen LogP contribution in [-0.4, -0.2) is 35.2 Å². The van der Waals surface area contributed by atoms with E-state index in [0.29, 0.717) is 6.54 Å². The van der Waals surface area contributed by atoms with Crippen LogP contribution >= 0.6 is 0 Å². The Bertz CT molecular complexity index is 206. The van der Waals surface area contributed by atoms with E-state index in [9.17, 15) is 9.59 Å². The summed E-state index contributed by atoms with van der Waals surface area (Å²) in [5, 5.41) is 19.6. The van der Waals surface area contributed by atoms with Crippen LogP contribution in [0.25, 0.3) is 0 Å². The highest BCUT2D eigenvalue weighted by atomic mass is 16.4. The molecule has 16 heavy (non-hydrogen) atoms. The normalized spacial score (nSPS) is 10.1. The molecule has 0 radical (unpaired) electrons. The molecule has 0 rings (SSSR count). The number of aliphatic hydroxyl groups excluding tert-OH is 1. The van der Waals surface area contributed by atoms with Crippen molar-refractivity contribution in [3.05, 3.63) is 0 Å². The Balaban J connectivity index is 3.09. The average Bonchev–Trinajstić information content (AvgIpc) is 2.22. The second-order valence-corrected chi connectivity index (χ2v) is 3.74. The fourth-order valence-electron chi connectivity index (χ4n) is 1.35. The van der Waals surface area contributed by atoms with Crippen LogP contribution in [0.15, 0.2) is 0 Å². The lowest BCUT2D eigenvalue weighted by atomic mass is 10.1. The zero-order valence-electron chi connectivity index (χ0n) is 9.57. The van der Waals surface area contributed by atoms with Gasteiger partial charge in [-0.3, -0.25) is 9.59 Å². The summed E-state index contributed by atoms with van der Waals surface area (Å²) in [7, 11) is 0. The minimum Gasteiger partial charge on any atom is -0.481 e. The molecule has 3 N–H and O–H groups in total. The van der Waals surface area contributed by atoms with E-state index in [1.165, 1.54) is 0 Å². The third kappa shape index (κ3) is 11.0. The molecular formula is C11H21NO4. The number of carbonyl (C=O) groups excluding carboxylic acids is 1. The number of rotatable bonds is 10. The summed E-state index contributed by atoms with van der Waals surface area (Å²) in [5.41, 5.74) is 0. The molecule has 0 fully saturated rings. The molecule has 5 heteroatoms. The Hall–Kier alpha value is -1.10. The maximum atomic E-state index is 10.9. The molecule has 0 unspecified atom stereocenters. The molecule has 0 aliphatic rings. The van der Waals surface area contributed by atoms with Gasteiger partial charge in [0, 0.05) is 19.4 Å². The van der Waals surface area contributed by atoms with Gasteiger partial charge in [0.25, 0.3) is 0 Å². The Kier molecular flexibility index (Phi) is 9.70. The van der Waals surface area contributed by atoms with Crippen LogP contribution < -0.4 is 5.32 Å². The van der Waals surface area contributed by atoms with Crippen molar-refractivity contribution in [2.24, 2.45) is 0 Å². The molecule has 94 valence electrons. The Morgan fingerprint density at radius 2 is 1.56 bits per heavy atom. The molecule has 0 saturated carbocycles. The van der Waals surface area contributed by atoms with Gasteiger partial charge in [0.2, 0.25) is 5.91 Å². The molecule has 5 nitrogen and oxygen atoms in total. The number of aliphatic hydroxyl groups is 1. The number of hydrogen-bond donors (Lipinski definition) is 3. The zero-order chi connectivity index (χ0) is 12.2. The number of unbranched alkanes of at least 4 members (excludes halogenated alkanes) is 4. The van der Waals surface area contributed by atoms with Gasteiger partial charge >= 0.3 is 5.97 Å². The quantitative estimate of drug-likeness (QED) is 0.488. The maximum Gasteiger partial charge on any atom is 0.303 e. The van der Waals surface area contributed by atoms with E-state index < -0.39 is 5.97 Å². The van der Waals surface area contributed by atoms with Crippen molar-refractivity contribution in [3.8, 4) is 0 Å². The van der Waals surface area contributed by atoms with E-state index in [1.54, 1.807) is 0 Å². The molecule has 0 aliphatic carbocycles. The van der Waals surface area contributed by atoms with Crippen molar-refractivity contribution in [1.29, 1.82) is 0 Å². The van der Waals surface area contributed by atoms with E-state index in [2.05, 4.69) is 5.32 Å². The molecule has 0 atom stereocenters. The van der Waals surface area contributed by atoms with Gasteiger partial charge in [-0.25, -0.2) is 0 Å². The molecule has 0 saturated heterocycles. The maximum absolute atomic E-state index is 10.9. The monoisotopic (exact) mass is 231 g/mol. The van der Waals surface area contributed by atoms with E-state index >= 15 is 0 Å². The fourth-order valence-corrected chi connectivity index (χ4v) is 1.35. The number of carboxylic acid groups (broad SMARTS) is 1. The topological polar surface area (TPSA) is 86.6 Å². The summed E-state index contributed by atoms with van der Waals surface area (Å²) in [6.07, 6.45) is 4.97. The first kappa shape index (κ1) is 14.9. The lowest BCUT2D eigenvalue weighted by molar-refractivity contribution is -0.137. The minimum atomic E-state index is -0.740. The first-order valence-electron chi connectivity index (χ1n) is 5.76. The largest absolute Gasteiger partial charge is 0.481 e. The van der Waals surface area contributed by atoms with Crippen LogP contribution in [0.4, 0.5) is 0 Å². The van der Waals surface area contributed by atoms with Gasteiger partial charge in [-0.1, -0.05) is 19.3 Å². The van der Waals surface area contributed by atoms with Gasteiger partial charge in [-0.2, -0.15) is 0 Å². The molecule has 0 bridgehead atoms. The first-order valence-corrected chi connectivity index (χ1v) is 5.76.